The van der Waals surface area contributed by atoms with E-state index in [1.54, 1.807) is 0 Å². The number of amides is 1. The molecule has 34 heavy (non-hydrogen) atoms. The first-order valence-corrected chi connectivity index (χ1v) is 12.5. The van der Waals surface area contributed by atoms with Crippen LogP contribution in [0.4, 0.5) is 5.69 Å². The van der Waals surface area contributed by atoms with Gasteiger partial charge in [-0.05, 0) is 30.3 Å². The van der Waals surface area contributed by atoms with Gasteiger partial charge in [-0.3, -0.25) is 9.36 Å². The Balaban J connectivity index is 1.27. The van der Waals surface area contributed by atoms with Crippen LogP contribution in [0.2, 0.25) is 5.02 Å². The Morgan fingerprint density at radius 1 is 0.824 bits per heavy atom. The van der Waals surface area contributed by atoms with Crippen molar-refractivity contribution in [1.82, 2.24) is 19.7 Å². The number of aromatic nitrogens is 3. The molecule has 0 N–H and O–H groups in total. The number of halogens is 1. The molecule has 0 saturated carbocycles. The van der Waals surface area contributed by atoms with Crippen molar-refractivity contribution in [2.24, 2.45) is 0 Å². The largest absolute Gasteiger partial charge is 0.368 e. The second-order valence-corrected chi connectivity index (χ2v) is 9.36. The summed E-state index contributed by atoms with van der Waals surface area (Å²) in [5.41, 5.74) is 3.05. The van der Waals surface area contributed by atoms with Gasteiger partial charge >= 0.3 is 0 Å². The lowest BCUT2D eigenvalue weighted by atomic mass is 10.2. The summed E-state index contributed by atoms with van der Waals surface area (Å²) in [5.74, 6) is 1.19. The van der Waals surface area contributed by atoms with Crippen LogP contribution in [-0.2, 0) is 4.79 Å². The van der Waals surface area contributed by atoms with Gasteiger partial charge in [0.25, 0.3) is 0 Å². The SMILES string of the molecule is O=C(CSc1nnc(-c2ccccc2)n1-c1ccccc1)N1CCN(c2cccc(Cl)c2)CC1. The quantitative estimate of drug-likeness (QED) is 0.356. The highest BCUT2D eigenvalue weighted by atomic mass is 35.5. The van der Waals surface area contributed by atoms with E-state index in [4.69, 9.17) is 11.6 Å². The van der Waals surface area contributed by atoms with Gasteiger partial charge in [0.15, 0.2) is 11.0 Å². The zero-order valence-corrected chi connectivity index (χ0v) is 20.1. The molecule has 0 aliphatic carbocycles. The first kappa shape index (κ1) is 22.5. The second kappa shape index (κ2) is 10.3. The van der Waals surface area contributed by atoms with Gasteiger partial charge in [0.05, 0.1) is 5.75 Å². The predicted molar refractivity (Wildman–Crippen MR) is 138 cm³/mol. The number of nitrogens with zero attached hydrogens (tertiary/aromatic N) is 5. The number of carbonyl (C=O) groups excluding carboxylic acids is 1. The zero-order valence-electron chi connectivity index (χ0n) is 18.5. The highest BCUT2D eigenvalue weighted by Gasteiger charge is 2.23. The number of thioether (sulfide) groups is 1. The number of piperazine rings is 1. The molecule has 1 aromatic heterocycles. The lowest BCUT2D eigenvalue weighted by molar-refractivity contribution is -0.128. The Kier molecular flexibility index (Phi) is 6.83. The molecule has 1 aliphatic heterocycles. The van der Waals surface area contributed by atoms with Crippen LogP contribution in [0.5, 0.6) is 0 Å². The maximum Gasteiger partial charge on any atom is 0.233 e. The van der Waals surface area contributed by atoms with Crippen LogP contribution in [0.25, 0.3) is 17.1 Å². The molecule has 172 valence electrons. The third-order valence-corrected chi connectivity index (χ3v) is 6.96. The molecule has 6 nitrogen and oxygen atoms in total. The molecule has 3 aromatic carbocycles. The summed E-state index contributed by atoms with van der Waals surface area (Å²) < 4.78 is 2.02. The average molecular weight is 490 g/mol. The van der Waals surface area contributed by atoms with Crippen molar-refractivity contribution in [3.8, 4) is 17.1 Å². The fourth-order valence-electron chi connectivity index (χ4n) is 4.05. The molecule has 8 heteroatoms. The number of anilines is 1. The van der Waals surface area contributed by atoms with Crippen molar-refractivity contribution >= 4 is 35.0 Å². The van der Waals surface area contributed by atoms with Crippen LogP contribution >= 0.6 is 23.4 Å². The summed E-state index contributed by atoms with van der Waals surface area (Å²) in [6.45, 7) is 2.95. The van der Waals surface area contributed by atoms with E-state index in [1.165, 1.54) is 11.8 Å². The van der Waals surface area contributed by atoms with Gasteiger partial charge in [0, 0.05) is 48.1 Å². The van der Waals surface area contributed by atoms with Crippen LogP contribution in [0.15, 0.2) is 90.1 Å². The molecular formula is C26H24ClN5OS. The van der Waals surface area contributed by atoms with E-state index in [9.17, 15) is 4.79 Å². The van der Waals surface area contributed by atoms with Crippen molar-refractivity contribution < 1.29 is 4.79 Å². The van der Waals surface area contributed by atoms with E-state index in [0.29, 0.717) is 24.0 Å². The number of rotatable bonds is 6. The summed E-state index contributed by atoms with van der Waals surface area (Å²) in [6, 6.07) is 27.8. The van der Waals surface area contributed by atoms with Gasteiger partial charge in [0.1, 0.15) is 0 Å². The normalized spacial score (nSPS) is 13.8. The maximum absolute atomic E-state index is 13.0. The Bertz CT molecular complexity index is 1260. The second-order valence-electron chi connectivity index (χ2n) is 7.98. The number of benzene rings is 3. The lowest BCUT2D eigenvalue weighted by Gasteiger charge is -2.36. The highest BCUT2D eigenvalue weighted by Crippen LogP contribution is 2.28. The van der Waals surface area contributed by atoms with Crippen molar-refractivity contribution in [2.45, 2.75) is 5.16 Å². The lowest BCUT2D eigenvalue weighted by Crippen LogP contribution is -2.49. The first-order valence-electron chi connectivity index (χ1n) is 11.2. The monoisotopic (exact) mass is 489 g/mol. The average Bonchev–Trinajstić information content (AvgIpc) is 3.32. The minimum atomic E-state index is 0.111. The topological polar surface area (TPSA) is 54.3 Å². The molecule has 0 radical (unpaired) electrons. The van der Waals surface area contributed by atoms with Crippen LogP contribution in [-0.4, -0.2) is 57.5 Å². The van der Waals surface area contributed by atoms with E-state index >= 15 is 0 Å². The molecule has 1 fully saturated rings. The summed E-state index contributed by atoms with van der Waals surface area (Å²) in [6.07, 6.45) is 0. The number of hydrogen-bond donors (Lipinski definition) is 0. The van der Waals surface area contributed by atoms with E-state index in [0.717, 1.165) is 40.9 Å². The molecule has 5 rings (SSSR count). The van der Waals surface area contributed by atoms with Gasteiger partial charge in [-0.2, -0.15) is 0 Å². The highest BCUT2D eigenvalue weighted by molar-refractivity contribution is 7.99. The number of carbonyl (C=O) groups is 1. The molecule has 2 heterocycles. The van der Waals surface area contributed by atoms with Crippen LogP contribution in [0.3, 0.4) is 0 Å². The molecule has 0 bridgehead atoms. The van der Waals surface area contributed by atoms with Gasteiger partial charge in [-0.25, -0.2) is 0 Å². The minimum Gasteiger partial charge on any atom is -0.368 e. The van der Waals surface area contributed by atoms with Crippen molar-refractivity contribution in [2.75, 3.05) is 36.8 Å². The molecule has 4 aromatic rings. The van der Waals surface area contributed by atoms with E-state index in [-0.39, 0.29) is 5.91 Å². The molecular weight excluding hydrogens is 466 g/mol. The molecule has 1 aliphatic rings. The first-order chi connectivity index (χ1) is 16.7. The molecule has 0 atom stereocenters. The van der Waals surface area contributed by atoms with Gasteiger partial charge in [-0.15, -0.1) is 10.2 Å². The summed E-state index contributed by atoms with van der Waals surface area (Å²) >= 11 is 7.56. The zero-order chi connectivity index (χ0) is 23.3. The standard InChI is InChI=1S/C26H24ClN5OS/c27-21-10-7-13-23(18-21)30-14-16-31(17-15-30)24(33)19-34-26-29-28-25(20-8-3-1-4-9-20)32(26)22-11-5-2-6-12-22/h1-13,18H,14-17,19H2. The molecule has 0 spiro atoms. The summed E-state index contributed by atoms with van der Waals surface area (Å²) in [4.78, 5) is 17.2. The van der Waals surface area contributed by atoms with E-state index in [1.807, 2.05) is 88.3 Å². The molecule has 1 saturated heterocycles. The Morgan fingerprint density at radius 2 is 1.50 bits per heavy atom. The van der Waals surface area contributed by atoms with Crippen LogP contribution < -0.4 is 4.90 Å². The summed E-state index contributed by atoms with van der Waals surface area (Å²) in [5, 5.41) is 10.3. The third kappa shape index (κ3) is 4.95. The van der Waals surface area contributed by atoms with E-state index < -0.39 is 0 Å². The Labute approximate surface area is 208 Å². The smallest absolute Gasteiger partial charge is 0.233 e. The predicted octanol–water partition coefficient (Wildman–Crippen LogP) is 5.03. The van der Waals surface area contributed by atoms with Crippen molar-refractivity contribution in [1.29, 1.82) is 0 Å². The van der Waals surface area contributed by atoms with Gasteiger partial charge in [-0.1, -0.05) is 78.0 Å². The van der Waals surface area contributed by atoms with Gasteiger partial charge < -0.3 is 9.80 Å². The summed E-state index contributed by atoms with van der Waals surface area (Å²) in [7, 11) is 0. The fraction of sp³-hybridized carbons (Fsp3) is 0.192. The van der Waals surface area contributed by atoms with Gasteiger partial charge in [0.2, 0.25) is 5.91 Å². The Hall–Kier alpha value is -3.29. The third-order valence-electron chi connectivity index (χ3n) is 5.81. The van der Waals surface area contributed by atoms with Crippen LogP contribution in [0.1, 0.15) is 0 Å². The van der Waals surface area contributed by atoms with Crippen molar-refractivity contribution in [3.05, 3.63) is 90.0 Å². The minimum absolute atomic E-state index is 0.111. The van der Waals surface area contributed by atoms with E-state index in [2.05, 4.69) is 21.2 Å². The molecule has 1 amide bonds. The van der Waals surface area contributed by atoms with Crippen LogP contribution in [0, 0.1) is 0 Å². The van der Waals surface area contributed by atoms with Crippen molar-refractivity contribution in [3.63, 3.8) is 0 Å². The number of hydrogen-bond acceptors (Lipinski definition) is 5. The fourth-order valence-corrected chi connectivity index (χ4v) is 5.09. The molecule has 0 unspecified atom stereocenters. The maximum atomic E-state index is 13.0. The Morgan fingerprint density at radius 3 is 2.21 bits per heavy atom. The number of para-hydroxylation sites is 1.